The van der Waals surface area contributed by atoms with Gasteiger partial charge in [0.2, 0.25) is 0 Å². The first-order valence-electron chi connectivity index (χ1n) is 4.10. The summed E-state index contributed by atoms with van der Waals surface area (Å²) in [4.78, 5) is 0.984. The summed E-state index contributed by atoms with van der Waals surface area (Å²) in [6.45, 7) is 2.02. The Hall–Kier alpha value is -1.15. The van der Waals surface area contributed by atoms with Crippen LogP contribution in [-0.4, -0.2) is 5.11 Å². The normalized spacial score (nSPS) is 10.6. The molecule has 0 radical (unpaired) electrons. The second-order valence-electron chi connectivity index (χ2n) is 3.14. The minimum Gasteiger partial charge on any atom is -0.508 e. The molecule has 0 bridgehead atoms. The van der Waals surface area contributed by atoms with Gasteiger partial charge in [-0.1, -0.05) is 12.1 Å². The summed E-state index contributed by atoms with van der Waals surface area (Å²) in [6.07, 6.45) is 0. The summed E-state index contributed by atoms with van der Waals surface area (Å²) in [7, 11) is 0. The minimum absolute atomic E-state index is 0.295. The quantitative estimate of drug-likeness (QED) is 0.611. The first-order chi connectivity index (χ1) is 6.18. The molecule has 0 saturated heterocycles. The van der Waals surface area contributed by atoms with Gasteiger partial charge in [0.25, 0.3) is 0 Å². The average Bonchev–Trinajstić information content (AvgIpc) is 2.12. The molecule has 0 aliphatic heterocycles. The molecule has 0 aliphatic carbocycles. The number of rotatable bonds is 0. The topological polar surface area (TPSA) is 20.2 Å². The molecule has 0 spiro atoms. The molecular weight excluding hydrogens is 180 g/mol. The Morgan fingerprint density at radius 1 is 1.15 bits per heavy atom. The summed E-state index contributed by atoms with van der Waals surface area (Å²) in [5.74, 6) is 0.295. The third kappa shape index (κ3) is 1.38. The van der Waals surface area contributed by atoms with Crippen molar-refractivity contribution in [1.29, 1.82) is 0 Å². The van der Waals surface area contributed by atoms with Gasteiger partial charge in [-0.3, -0.25) is 0 Å². The fourth-order valence-corrected chi connectivity index (χ4v) is 1.69. The summed E-state index contributed by atoms with van der Waals surface area (Å²) in [6, 6.07) is 9.31. The molecule has 0 heterocycles. The molecule has 0 amide bonds. The highest BCUT2D eigenvalue weighted by Crippen LogP contribution is 2.27. The van der Waals surface area contributed by atoms with E-state index >= 15 is 0 Å². The van der Waals surface area contributed by atoms with Crippen LogP contribution in [0.5, 0.6) is 5.75 Å². The van der Waals surface area contributed by atoms with Gasteiger partial charge in [-0.2, -0.15) is 0 Å². The predicted molar refractivity (Wildman–Crippen MR) is 57.6 cm³/mol. The Balaban J connectivity index is 2.87. The number of thiol groups is 1. The van der Waals surface area contributed by atoms with E-state index in [2.05, 4.69) is 12.6 Å². The standard InChI is InChI=1S/C11H10OS/c1-7-2-3-8-6-9(12)4-5-10(8)11(7)13/h2-6,12-13H,1H3. The van der Waals surface area contributed by atoms with Gasteiger partial charge in [0.1, 0.15) is 5.75 Å². The van der Waals surface area contributed by atoms with E-state index in [4.69, 9.17) is 0 Å². The number of aromatic hydroxyl groups is 1. The lowest BCUT2D eigenvalue weighted by molar-refractivity contribution is 0.476. The van der Waals surface area contributed by atoms with Crippen LogP contribution in [0.3, 0.4) is 0 Å². The largest absolute Gasteiger partial charge is 0.508 e. The van der Waals surface area contributed by atoms with E-state index < -0.39 is 0 Å². The highest BCUT2D eigenvalue weighted by molar-refractivity contribution is 7.80. The zero-order chi connectivity index (χ0) is 9.42. The lowest BCUT2D eigenvalue weighted by Gasteiger charge is -2.04. The van der Waals surface area contributed by atoms with Crippen LogP contribution in [-0.2, 0) is 0 Å². The van der Waals surface area contributed by atoms with Crippen molar-refractivity contribution in [3.63, 3.8) is 0 Å². The van der Waals surface area contributed by atoms with Crippen LogP contribution in [0.4, 0.5) is 0 Å². The number of phenols is 1. The summed E-state index contributed by atoms with van der Waals surface area (Å²) in [5, 5.41) is 11.4. The number of hydrogen-bond donors (Lipinski definition) is 2. The molecule has 0 unspecified atom stereocenters. The van der Waals surface area contributed by atoms with Gasteiger partial charge >= 0.3 is 0 Å². The molecule has 0 atom stereocenters. The third-order valence-electron chi connectivity index (χ3n) is 2.18. The number of hydrogen-bond acceptors (Lipinski definition) is 2. The van der Waals surface area contributed by atoms with Crippen molar-refractivity contribution in [3.05, 3.63) is 35.9 Å². The lowest BCUT2D eigenvalue weighted by Crippen LogP contribution is -1.79. The Morgan fingerprint density at radius 2 is 1.92 bits per heavy atom. The van der Waals surface area contributed by atoms with E-state index in [1.54, 1.807) is 12.1 Å². The van der Waals surface area contributed by atoms with E-state index in [-0.39, 0.29) is 0 Å². The second-order valence-corrected chi connectivity index (χ2v) is 3.58. The van der Waals surface area contributed by atoms with Crippen molar-refractivity contribution in [1.82, 2.24) is 0 Å². The molecule has 2 heteroatoms. The Kier molecular flexibility index (Phi) is 1.93. The van der Waals surface area contributed by atoms with Crippen molar-refractivity contribution in [3.8, 4) is 5.75 Å². The molecular formula is C11H10OS. The Morgan fingerprint density at radius 3 is 2.69 bits per heavy atom. The number of phenolic OH excluding ortho intramolecular Hbond substituents is 1. The van der Waals surface area contributed by atoms with Gasteiger partial charge in [-0.05, 0) is 41.5 Å². The molecule has 0 aromatic heterocycles. The van der Waals surface area contributed by atoms with Crippen molar-refractivity contribution < 1.29 is 5.11 Å². The molecule has 1 nitrogen and oxygen atoms in total. The predicted octanol–water partition coefficient (Wildman–Crippen LogP) is 3.14. The lowest BCUT2D eigenvalue weighted by atomic mass is 10.1. The molecule has 0 fully saturated rings. The molecule has 2 aromatic carbocycles. The van der Waals surface area contributed by atoms with Gasteiger partial charge in [0.05, 0.1) is 0 Å². The van der Waals surface area contributed by atoms with Crippen LogP contribution < -0.4 is 0 Å². The first-order valence-corrected chi connectivity index (χ1v) is 4.54. The van der Waals surface area contributed by atoms with E-state index in [9.17, 15) is 5.11 Å². The van der Waals surface area contributed by atoms with Crippen molar-refractivity contribution in [2.24, 2.45) is 0 Å². The molecule has 0 saturated carbocycles. The van der Waals surface area contributed by atoms with Gasteiger partial charge in [0, 0.05) is 4.90 Å². The first kappa shape index (κ1) is 8.45. The van der Waals surface area contributed by atoms with E-state index in [0.717, 1.165) is 21.2 Å². The minimum atomic E-state index is 0.295. The highest BCUT2D eigenvalue weighted by Gasteiger charge is 2.00. The fourth-order valence-electron chi connectivity index (χ4n) is 1.41. The van der Waals surface area contributed by atoms with Crippen LogP contribution >= 0.6 is 12.6 Å². The summed E-state index contributed by atoms with van der Waals surface area (Å²) in [5.41, 5.74) is 1.15. The van der Waals surface area contributed by atoms with Crippen LogP contribution in [0.2, 0.25) is 0 Å². The number of benzene rings is 2. The van der Waals surface area contributed by atoms with Crippen molar-refractivity contribution in [2.75, 3.05) is 0 Å². The maximum absolute atomic E-state index is 9.27. The molecule has 66 valence electrons. The number of aryl methyl sites for hydroxylation is 1. The monoisotopic (exact) mass is 190 g/mol. The van der Waals surface area contributed by atoms with Gasteiger partial charge in [-0.25, -0.2) is 0 Å². The maximum Gasteiger partial charge on any atom is 0.116 e. The van der Waals surface area contributed by atoms with Gasteiger partial charge in [-0.15, -0.1) is 12.6 Å². The zero-order valence-electron chi connectivity index (χ0n) is 7.28. The fraction of sp³-hybridized carbons (Fsp3) is 0.0909. The molecule has 13 heavy (non-hydrogen) atoms. The van der Waals surface area contributed by atoms with Gasteiger partial charge in [0.15, 0.2) is 0 Å². The average molecular weight is 190 g/mol. The van der Waals surface area contributed by atoms with Crippen LogP contribution in [0.25, 0.3) is 10.8 Å². The summed E-state index contributed by atoms with van der Waals surface area (Å²) < 4.78 is 0. The highest BCUT2D eigenvalue weighted by atomic mass is 32.1. The maximum atomic E-state index is 9.27. The molecule has 2 aromatic rings. The molecule has 0 aliphatic rings. The zero-order valence-corrected chi connectivity index (χ0v) is 8.18. The SMILES string of the molecule is Cc1ccc2cc(O)ccc2c1S. The summed E-state index contributed by atoms with van der Waals surface area (Å²) >= 11 is 4.42. The van der Waals surface area contributed by atoms with Crippen LogP contribution in [0.1, 0.15) is 5.56 Å². The van der Waals surface area contributed by atoms with Crippen LogP contribution in [0.15, 0.2) is 35.2 Å². The number of fused-ring (bicyclic) bond motifs is 1. The molecule has 2 rings (SSSR count). The van der Waals surface area contributed by atoms with E-state index in [1.807, 2.05) is 25.1 Å². The van der Waals surface area contributed by atoms with Crippen LogP contribution in [0, 0.1) is 6.92 Å². The van der Waals surface area contributed by atoms with E-state index in [0.29, 0.717) is 5.75 Å². The van der Waals surface area contributed by atoms with E-state index in [1.165, 1.54) is 0 Å². The van der Waals surface area contributed by atoms with Gasteiger partial charge < -0.3 is 5.11 Å². The third-order valence-corrected chi connectivity index (χ3v) is 2.77. The Labute approximate surface area is 82.4 Å². The molecule has 1 N–H and O–H groups in total. The van der Waals surface area contributed by atoms with Crippen molar-refractivity contribution in [2.45, 2.75) is 11.8 Å². The Bertz CT molecular complexity index is 463. The van der Waals surface area contributed by atoms with Crippen molar-refractivity contribution >= 4 is 23.4 Å². The second kappa shape index (κ2) is 2.96. The smallest absolute Gasteiger partial charge is 0.116 e.